The second-order valence-corrected chi connectivity index (χ2v) is 6.70. The van der Waals surface area contributed by atoms with E-state index in [4.69, 9.17) is 14.2 Å². The zero-order valence-corrected chi connectivity index (χ0v) is 17.6. The Morgan fingerprint density at radius 2 is 1.47 bits per heavy atom. The van der Waals surface area contributed by atoms with Crippen molar-refractivity contribution in [2.24, 2.45) is 0 Å². The molecule has 0 spiro atoms. The molecule has 164 valence electrons. The van der Waals surface area contributed by atoms with Crippen LogP contribution in [0.3, 0.4) is 0 Å². The minimum atomic E-state index is -0.580. The predicted octanol–water partition coefficient (Wildman–Crippen LogP) is 3.88. The number of benzene rings is 3. The van der Waals surface area contributed by atoms with E-state index < -0.39 is 18.5 Å². The van der Waals surface area contributed by atoms with Crippen LogP contribution in [0, 0.1) is 0 Å². The summed E-state index contributed by atoms with van der Waals surface area (Å²) in [5.41, 5.74) is 1.21. The lowest BCUT2D eigenvalue weighted by Gasteiger charge is -2.11. The Morgan fingerprint density at radius 1 is 0.812 bits per heavy atom. The van der Waals surface area contributed by atoms with Gasteiger partial charge in [0.15, 0.2) is 23.9 Å². The summed E-state index contributed by atoms with van der Waals surface area (Å²) in [5.74, 6) is -0.266. The van der Waals surface area contributed by atoms with Gasteiger partial charge in [-0.1, -0.05) is 54.6 Å². The number of esters is 1. The van der Waals surface area contributed by atoms with Gasteiger partial charge in [-0.15, -0.1) is 0 Å². The average molecular weight is 433 g/mol. The Kier molecular flexibility index (Phi) is 7.97. The number of ketones is 1. The molecule has 0 saturated carbocycles. The van der Waals surface area contributed by atoms with Crippen LogP contribution in [0.5, 0.6) is 11.5 Å². The number of amides is 1. The number of rotatable bonds is 10. The standard InChI is InChI=1S/C25H23NO6/c1-30-21-13-7-8-14-22(21)31-16-15-24(28)32-17-23(27)26-20-12-6-5-11-19(20)25(29)18-9-3-2-4-10-18/h2-14H,15-17H2,1H3,(H,26,27). The minimum Gasteiger partial charge on any atom is -0.493 e. The summed E-state index contributed by atoms with van der Waals surface area (Å²) in [7, 11) is 1.53. The zero-order valence-electron chi connectivity index (χ0n) is 17.6. The van der Waals surface area contributed by atoms with E-state index in [0.29, 0.717) is 28.3 Å². The van der Waals surface area contributed by atoms with E-state index in [1.54, 1.807) is 66.7 Å². The highest BCUT2D eigenvalue weighted by molar-refractivity contribution is 6.13. The van der Waals surface area contributed by atoms with Gasteiger partial charge in [0.05, 0.1) is 25.8 Å². The lowest BCUT2D eigenvalue weighted by atomic mass is 10.0. The molecule has 0 aliphatic carbocycles. The maximum Gasteiger partial charge on any atom is 0.309 e. The van der Waals surface area contributed by atoms with Gasteiger partial charge in [-0.2, -0.15) is 0 Å². The smallest absolute Gasteiger partial charge is 0.309 e. The molecular weight excluding hydrogens is 410 g/mol. The van der Waals surface area contributed by atoms with E-state index in [1.807, 2.05) is 12.1 Å². The molecule has 0 bridgehead atoms. The maximum absolute atomic E-state index is 12.7. The van der Waals surface area contributed by atoms with Crippen LogP contribution in [-0.2, 0) is 14.3 Å². The van der Waals surface area contributed by atoms with Crippen molar-refractivity contribution >= 4 is 23.3 Å². The summed E-state index contributed by atoms with van der Waals surface area (Å²) in [4.78, 5) is 36.9. The van der Waals surface area contributed by atoms with E-state index in [0.717, 1.165) is 0 Å². The Hall–Kier alpha value is -4.13. The van der Waals surface area contributed by atoms with Crippen LogP contribution in [0.15, 0.2) is 78.9 Å². The quantitative estimate of drug-likeness (QED) is 0.386. The fourth-order valence-corrected chi connectivity index (χ4v) is 2.92. The van der Waals surface area contributed by atoms with Gasteiger partial charge in [0.2, 0.25) is 0 Å². The molecule has 0 aromatic heterocycles. The molecule has 32 heavy (non-hydrogen) atoms. The van der Waals surface area contributed by atoms with E-state index in [9.17, 15) is 14.4 Å². The normalized spacial score (nSPS) is 10.2. The zero-order chi connectivity index (χ0) is 22.8. The molecular formula is C25H23NO6. The van der Waals surface area contributed by atoms with Crippen molar-refractivity contribution in [2.75, 3.05) is 25.6 Å². The molecule has 7 heteroatoms. The summed E-state index contributed by atoms with van der Waals surface area (Å²) in [5, 5.41) is 2.63. The molecule has 0 saturated heterocycles. The molecule has 0 heterocycles. The Labute approximate surface area is 185 Å². The summed E-state index contributed by atoms with van der Waals surface area (Å²) in [6, 6.07) is 22.5. The number of anilines is 1. The van der Waals surface area contributed by atoms with Gasteiger partial charge in [0, 0.05) is 11.1 Å². The van der Waals surface area contributed by atoms with Gasteiger partial charge in [0.1, 0.15) is 0 Å². The molecule has 3 aromatic carbocycles. The second-order valence-electron chi connectivity index (χ2n) is 6.70. The van der Waals surface area contributed by atoms with Gasteiger partial charge in [-0.3, -0.25) is 14.4 Å². The van der Waals surface area contributed by atoms with Gasteiger partial charge in [-0.25, -0.2) is 0 Å². The number of nitrogens with one attached hydrogen (secondary N) is 1. The van der Waals surface area contributed by atoms with Crippen molar-refractivity contribution in [3.63, 3.8) is 0 Å². The first-order valence-electron chi connectivity index (χ1n) is 9.98. The Bertz CT molecular complexity index is 1080. The molecule has 0 aliphatic rings. The van der Waals surface area contributed by atoms with Crippen molar-refractivity contribution < 1.29 is 28.6 Å². The van der Waals surface area contributed by atoms with E-state index in [1.165, 1.54) is 7.11 Å². The number of hydrogen-bond donors (Lipinski definition) is 1. The molecule has 1 amide bonds. The topological polar surface area (TPSA) is 90.9 Å². The fraction of sp³-hybridized carbons (Fsp3) is 0.160. The molecule has 3 aromatic rings. The highest BCUT2D eigenvalue weighted by Crippen LogP contribution is 2.25. The van der Waals surface area contributed by atoms with E-state index >= 15 is 0 Å². The minimum absolute atomic E-state index is 0.0333. The third kappa shape index (κ3) is 6.18. The summed E-state index contributed by atoms with van der Waals surface area (Å²) >= 11 is 0. The van der Waals surface area contributed by atoms with Crippen LogP contribution < -0.4 is 14.8 Å². The number of para-hydroxylation sites is 3. The van der Waals surface area contributed by atoms with Crippen molar-refractivity contribution in [3.8, 4) is 11.5 Å². The summed E-state index contributed by atoms with van der Waals surface area (Å²) < 4.78 is 15.7. The van der Waals surface area contributed by atoms with Crippen LogP contribution >= 0.6 is 0 Å². The maximum atomic E-state index is 12.7. The monoisotopic (exact) mass is 433 g/mol. The van der Waals surface area contributed by atoms with Crippen molar-refractivity contribution in [3.05, 3.63) is 90.0 Å². The molecule has 0 atom stereocenters. The van der Waals surface area contributed by atoms with E-state index in [-0.39, 0.29) is 18.8 Å². The second kappa shape index (κ2) is 11.3. The summed E-state index contributed by atoms with van der Waals surface area (Å²) in [6.45, 7) is -0.392. The van der Waals surface area contributed by atoms with Crippen LogP contribution in [0.25, 0.3) is 0 Å². The van der Waals surface area contributed by atoms with Gasteiger partial charge >= 0.3 is 5.97 Å². The lowest BCUT2D eigenvalue weighted by Crippen LogP contribution is -2.22. The molecule has 0 radical (unpaired) electrons. The first-order valence-corrected chi connectivity index (χ1v) is 9.98. The number of carbonyl (C=O) groups excluding carboxylic acids is 3. The van der Waals surface area contributed by atoms with Gasteiger partial charge in [-0.05, 0) is 24.3 Å². The largest absolute Gasteiger partial charge is 0.493 e. The van der Waals surface area contributed by atoms with E-state index in [2.05, 4.69) is 5.32 Å². The molecule has 1 N–H and O–H groups in total. The van der Waals surface area contributed by atoms with Crippen molar-refractivity contribution in [2.45, 2.75) is 6.42 Å². The molecule has 3 rings (SSSR count). The number of ether oxygens (including phenoxy) is 3. The average Bonchev–Trinajstić information content (AvgIpc) is 2.83. The first kappa shape index (κ1) is 22.6. The first-order chi connectivity index (χ1) is 15.6. The molecule has 7 nitrogen and oxygen atoms in total. The highest BCUT2D eigenvalue weighted by atomic mass is 16.5. The molecule has 0 aliphatic heterocycles. The third-order valence-corrected chi connectivity index (χ3v) is 4.48. The predicted molar refractivity (Wildman–Crippen MR) is 119 cm³/mol. The lowest BCUT2D eigenvalue weighted by molar-refractivity contribution is -0.147. The van der Waals surface area contributed by atoms with Crippen LogP contribution in [0.1, 0.15) is 22.3 Å². The number of carbonyl (C=O) groups is 3. The SMILES string of the molecule is COc1ccccc1OCCC(=O)OCC(=O)Nc1ccccc1C(=O)c1ccccc1. The summed E-state index contributed by atoms with van der Waals surface area (Å²) in [6.07, 6.45) is -0.0333. The van der Waals surface area contributed by atoms with Gasteiger partial charge < -0.3 is 19.5 Å². The third-order valence-electron chi connectivity index (χ3n) is 4.48. The number of methoxy groups -OCH3 is 1. The Balaban J connectivity index is 1.49. The van der Waals surface area contributed by atoms with Crippen LogP contribution in [0.4, 0.5) is 5.69 Å². The van der Waals surface area contributed by atoms with Crippen molar-refractivity contribution in [1.82, 2.24) is 0 Å². The molecule has 0 unspecified atom stereocenters. The van der Waals surface area contributed by atoms with Crippen LogP contribution in [0.2, 0.25) is 0 Å². The molecule has 0 fully saturated rings. The number of hydrogen-bond acceptors (Lipinski definition) is 6. The Morgan fingerprint density at radius 3 is 2.22 bits per heavy atom. The van der Waals surface area contributed by atoms with Gasteiger partial charge in [0.25, 0.3) is 5.91 Å². The highest BCUT2D eigenvalue weighted by Gasteiger charge is 2.16. The van der Waals surface area contributed by atoms with Crippen molar-refractivity contribution in [1.29, 1.82) is 0 Å². The fourth-order valence-electron chi connectivity index (χ4n) is 2.92. The van der Waals surface area contributed by atoms with Crippen LogP contribution in [-0.4, -0.2) is 38.0 Å².